The first-order valence-corrected chi connectivity index (χ1v) is 8.19. The van der Waals surface area contributed by atoms with Gasteiger partial charge in [0, 0.05) is 6.04 Å². The third-order valence-electron chi connectivity index (χ3n) is 3.71. The Balaban J connectivity index is 1.91. The first-order chi connectivity index (χ1) is 10.7. The molecule has 2 heteroatoms. The van der Waals surface area contributed by atoms with Gasteiger partial charge < -0.3 is 10.1 Å². The topological polar surface area (TPSA) is 21.3 Å². The van der Waals surface area contributed by atoms with Crippen molar-refractivity contribution in [1.29, 1.82) is 0 Å². The maximum absolute atomic E-state index is 5.84. The van der Waals surface area contributed by atoms with Crippen molar-refractivity contribution in [2.75, 3.05) is 6.54 Å². The molecule has 0 aliphatic heterocycles. The van der Waals surface area contributed by atoms with Crippen LogP contribution in [-0.2, 0) is 6.61 Å². The molecule has 0 bridgehead atoms. The van der Waals surface area contributed by atoms with E-state index in [1.807, 2.05) is 18.2 Å². The zero-order chi connectivity index (χ0) is 15.8. The lowest BCUT2D eigenvalue weighted by molar-refractivity contribution is 0.306. The Morgan fingerprint density at radius 3 is 2.23 bits per heavy atom. The van der Waals surface area contributed by atoms with E-state index in [1.54, 1.807) is 0 Å². The average Bonchev–Trinajstić information content (AvgIpc) is 2.55. The molecule has 0 unspecified atom stereocenters. The van der Waals surface area contributed by atoms with Gasteiger partial charge in [-0.05, 0) is 42.1 Å². The SMILES string of the molecule is CC[C@@H](NCC(C)C)c1ccc(OCc2ccccc2)cc1. The van der Waals surface area contributed by atoms with Crippen molar-refractivity contribution in [1.82, 2.24) is 5.32 Å². The third kappa shape index (κ3) is 5.19. The van der Waals surface area contributed by atoms with E-state index in [0.717, 1.165) is 18.7 Å². The molecule has 2 rings (SSSR count). The molecule has 0 heterocycles. The lowest BCUT2D eigenvalue weighted by Crippen LogP contribution is -2.24. The molecular formula is C20H27NO. The highest BCUT2D eigenvalue weighted by atomic mass is 16.5. The van der Waals surface area contributed by atoms with Crippen molar-refractivity contribution in [3.63, 3.8) is 0 Å². The summed E-state index contributed by atoms with van der Waals surface area (Å²) in [5.41, 5.74) is 2.52. The van der Waals surface area contributed by atoms with Crippen molar-refractivity contribution in [3.05, 3.63) is 65.7 Å². The van der Waals surface area contributed by atoms with E-state index in [1.165, 1.54) is 11.1 Å². The Morgan fingerprint density at radius 2 is 1.64 bits per heavy atom. The van der Waals surface area contributed by atoms with Crippen LogP contribution in [-0.4, -0.2) is 6.54 Å². The highest BCUT2D eigenvalue weighted by Crippen LogP contribution is 2.21. The number of rotatable bonds is 8. The largest absolute Gasteiger partial charge is 0.489 e. The van der Waals surface area contributed by atoms with Gasteiger partial charge in [-0.1, -0.05) is 63.2 Å². The Kier molecular flexibility index (Phi) is 6.47. The van der Waals surface area contributed by atoms with Gasteiger partial charge in [0.1, 0.15) is 12.4 Å². The van der Waals surface area contributed by atoms with Crippen LogP contribution >= 0.6 is 0 Å². The molecule has 0 amide bonds. The molecule has 0 aliphatic carbocycles. The summed E-state index contributed by atoms with van der Waals surface area (Å²) in [6, 6.07) is 19.1. The molecule has 1 N–H and O–H groups in total. The summed E-state index contributed by atoms with van der Waals surface area (Å²) in [6.07, 6.45) is 1.09. The van der Waals surface area contributed by atoms with Crippen LogP contribution in [0.4, 0.5) is 0 Å². The molecule has 0 aromatic heterocycles. The summed E-state index contributed by atoms with van der Waals surface area (Å²) in [4.78, 5) is 0. The van der Waals surface area contributed by atoms with Crippen molar-refractivity contribution in [2.24, 2.45) is 5.92 Å². The Hall–Kier alpha value is -1.80. The summed E-state index contributed by atoms with van der Waals surface area (Å²) in [6.45, 7) is 8.35. The van der Waals surface area contributed by atoms with Gasteiger partial charge in [-0.3, -0.25) is 0 Å². The standard InChI is InChI=1S/C20H27NO/c1-4-20(21-14-16(2)3)18-10-12-19(13-11-18)22-15-17-8-6-5-7-9-17/h5-13,16,20-21H,4,14-15H2,1-3H3/t20-/m1/s1. The summed E-state index contributed by atoms with van der Waals surface area (Å²) in [7, 11) is 0. The van der Waals surface area contributed by atoms with E-state index in [4.69, 9.17) is 4.74 Å². The van der Waals surface area contributed by atoms with E-state index in [9.17, 15) is 0 Å². The van der Waals surface area contributed by atoms with Crippen molar-refractivity contribution < 1.29 is 4.74 Å². The first kappa shape index (κ1) is 16.6. The van der Waals surface area contributed by atoms with Crippen molar-refractivity contribution >= 4 is 0 Å². The van der Waals surface area contributed by atoms with Crippen LogP contribution in [0.1, 0.15) is 44.4 Å². The van der Waals surface area contributed by atoms with Crippen LogP contribution in [0.15, 0.2) is 54.6 Å². The molecular weight excluding hydrogens is 270 g/mol. The minimum absolute atomic E-state index is 0.422. The van der Waals surface area contributed by atoms with E-state index in [0.29, 0.717) is 18.6 Å². The second-order valence-corrected chi connectivity index (χ2v) is 6.11. The van der Waals surface area contributed by atoms with Crippen LogP contribution in [0.2, 0.25) is 0 Å². The first-order valence-electron chi connectivity index (χ1n) is 8.19. The predicted molar refractivity (Wildman–Crippen MR) is 93.1 cm³/mol. The summed E-state index contributed by atoms with van der Waals surface area (Å²) >= 11 is 0. The van der Waals surface area contributed by atoms with Gasteiger partial charge >= 0.3 is 0 Å². The Labute approximate surface area is 134 Å². The molecule has 2 aromatic rings. The smallest absolute Gasteiger partial charge is 0.119 e. The Morgan fingerprint density at radius 1 is 0.955 bits per heavy atom. The monoisotopic (exact) mass is 297 g/mol. The van der Waals surface area contributed by atoms with Crippen molar-refractivity contribution in [2.45, 2.75) is 39.8 Å². The maximum atomic E-state index is 5.84. The second kappa shape index (κ2) is 8.60. The van der Waals surface area contributed by atoms with E-state index < -0.39 is 0 Å². The lowest BCUT2D eigenvalue weighted by atomic mass is 10.0. The molecule has 2 nitrogen and oxygen atoms in total. The molecule has 0 saturated carbocycles. The number of ether oxygens (including phenoxy) is 1. The number of hydrogen-bond acceptors (Lipinski definition) is 2. The summed E-state index contributed by atoms with van der Waals surface area (Å²) in [5.74, 6) is 1.59. The van der Waals surface area contributed by atoms with Crippen LogP contribution in [0.25, 0.3) is 0 Å². The Bertz CT molecular complexity index is 533. The molecule has 0 spiro atoms. The third-order valence-corrected chi connectivity index (χ3v) is 3.71. The number of nitrogens with one attached hydrogen (secondary N) is 1. The fraction of sp³-hybridized carbons (Fsp3) is 0.400. The second-order valence-electron chi connectivity index (χ2n) is 6.11. The molecule has 22 heavy (non-hydrogen) atoms. The fourth-order valence-corrected chi connectivity index (χ4v) is 2.41. The van der Waals surface area contributed by atoms with Crippen LogP contribution in [0.5, 0.6) is 5.75 Å². The highest BCUT2D eigenvalue weighted by molar-refractivity contribution is 5.29. The van der Waals surface area contributed by atoms with Gasteiger partial charge in [0.25, 0.3) is 0 Å². The van der Waals surface area contributed by atoms with Crippen molar-refractivity contribution in [3.8, 4) is 5.75 Å². The van der Waals surface area contributed by atoms with E-state index >= 15 is 0 Å². The van der Waals surface area contributed by atoms with Gasteiger partial charge in [0.2, 0.25) is 0 Å². The molecule has 0 radical (unpaired) electrons. The molecule has 0 saturated heterocycles. The molecule has 2 aromatic carbocycles. The van der Waals surface area contributed by atoms with Gasteiger partial charge in [-0.15, -0.1) is 0 Å². The highest BCUT2D eigenvalue weighted by Gasteiger charge is 2.09. The van der Waals surface area contributed by atoms with Gasteiger partial charge in [-0.25, -0.2) is 0 Å². The van der Waals surface area contributed by atoms with Crippen LogP contribution in [0.3, 0.4) is 0 Å². The maximum Gasteiger partial charge on any atom is 0.119 e. The lowest BCUT2D eigenvalue weighted by Gasteiger charge is -2.19. The van der Waals surface area contributed by atoms with Crippen LogP contribution in [0, 0.1) is 5.92 Å². The van der Waals surface area contributed by atoms with Gasteiger partial charge in [0.15, 0.2) is 0 Å². The predicted octanol–water partition coefficient (Wildman–Crippen LogP) is 4.96. The number of hydrogen-bond donors (Lipinski definition) is 1. The minimum atomic E-state index is 0.422. The summed E-state index contributed by atoms with van der Waals surface area (Å²) < 4.78 is 5.84. The number of benzene rings is 2. The average molecular weight is 297 g/mol. The zero-order valence-corrected chi connectivity index (χ0v) is 13.9. The van der Waals surface area contributed by atoms with Crippen LogP contribution < -0.4 is 10.1 Å². The zero-order valence-electron chi connectivity index (χ0n) is 13.9. The normalized spacial score (nSPS) is 12.4. The van der Waals surface area contributed by atoms with E-state index in [2.05, 4.69) is 62.5 Å². The summed E-state index contributed by atoms with van der Waals surface area (Å²) in [5, 5.41) is 3.62. The minimum Gasteiger partial charge on any atom is -0.489 e. The van der Waals surface area contributed by atoms with Gasteiger partial charge in [-0.2, -0.15) is 0 Å². The molecule has 0 fully saturated rings. The fourth-order valence-electron chi connectivity index (χ4n) is 2.41. The molecule has 1 atom stereocenters. The van der Waals surface area contributed by atoms with E-state index in [-0.39, 0.29) is 0 Å². The molecule has 0 aliphatic rings. The van der Waals surface area contributed by atoms with Gasteiger partial charge in [0.05, 0.1) is 0 Å². The quantitative estimate of drug-likeness (QED) is 0.743. The molecule has 118 valence electrons.